The summed E-state index contributed by atoms with van der Waals surface area (Å²) < 4.78 is 12.4. The maximum Gasteiger partial charge on any atom is 0.413 e. The second-order valence-corrected chi connectivity index (χ2v) is 8.85. The highest BCUT2D eigenvalue weighted by Gasteiger charge is 2.28. The van der Waals surface area contributed by atoms with E-state index >= 15 is 0 Å². The second kappa shape index (κ2) is 8.94. The minimum atomic E-state index is -0.595. The number of hydrogen-bond donors (Lipinski definition) is 1. The van der Waals surface area contributed by atoms with Gasteiger partial charge in [-0.05, 0) is 51.7 Å². The van der Waals surface area contributed by atoms with E-state index in [1.807, 2.05) is 37.5 Å². The molecule has 0 unspecified atom stereocenters. The minimum absolute atomic E-state index is 0.348. The lowest BCUT2D eigenvalue weighted by atomic mass is 9.83. The van der Waals surface area contributed by atoms with E-state index in [0.717, 1.165) is 35.1 Å². The molecule has 1 fully saturated rings. The van der Waals surface area contributed by atoms with E-state index < -0.39 is 11.7 Å². The Kier molecular flexibility index (Phi) is 6.54. The van der Waals surface area contributed by atoms with Crippen LogP contribution >= 0.6 is 0 Å². The molecule has 0 saturated heterocycles. The molecule has 2 aromatic rings. The standard InChI is InChI=1S/C24H32N2O4/c1-6-14-26-19-15-17(22(27)29-5)12-13-18(19)20(16-10-8-7-9-11-16)21(26)25-23(28)30-24(2,3)4/h6,12-13,15-16H,1,7-11,14H2,2-5H3,(H,25,28). The van der Waals surface area contributed by atoms with Crippen molar-refractivity contribution >= 4 is 28.8 Å². The summed E-state index contributed by atoms with van der Waals surface area (Å²) in [5, 5.41) is 4.05. The summed E-state index contributed by atoms with van der Waals surface area (Å²) in [6, 6.07) is 5.58. The van der Waals surface area contributed by atoms with Crippen LogP contribution in [0.3, 0.4) is 0 Å². The number of aromatic nitrogens is 1. The summed E-state index contributed by atoms with van der Waals surface area (Å²) in [5.74, 6) is 0.693. The monoisotopic (exact) mass is 412 g/mol. The maximum atomic E-state index is 12.7. The van der Waals surface area contributed by atoms with Crippen molar-refractivity contribution in [3.05, 3.63) is 42.0 Å². The normalized spacial score (nSPS) is 15.1. The zero-order valence-corrected chi connectivity index (χ0v) is 18.4. The van der Waals surface area contributed by atoms with Crippen LogP contribution in [0, 0.1) is 0 Å². The van der Waals surface area contributed by atoms with Crippen LogP contribution in [0.5, 0.6) is 0 Å². The lowest BCUT2D eigenvalue weighted by Crippen LogP contribution is -2.28. The number of esters is 1. The highest BCUT2D eigenvalue weighted by atomic mass is 16.6. The van der Waals surface area contributed by atoms with Gasteiger partial charge in [0, 0.05) is 17.5 Å². The van der Waals surface area contributed by atoms with Gasteiger partial charge in [0.15, 0.2) is 0 Å². The molecule has 0 bridgehead atoms. The number of amides is 1. The summed E-state index contributed by atoms with van der Waals surface area (Å²) in [5.41, 5.74) is 1.88. The lowest BCUT2D eigenvalue weighted by molar-refractivity contribution is 0.0598. The van der Waals surface area contributed by atoms with E-state index in [1.165, 1.54) is 26.4 Å². The number of carbonyl (C=O) groups excluding carboxylic acids is 2. The summed E-state index contributed by atoms with van der Waals surface area (Å²) in [4.78, 5) is 24.8. The van der Waals surface area contributed by atoms with Gasteiger partial charge in [0.05, 0.1) is 18.2 Å². The fraction of sp³-hybridized carbons (Fsp3) is 0.500. The Hall–Kier alpha value is -2.76. The van der Waals surface area contributed by atoms with Crippen molar-refractivity contribution in [2.75, 3.05) is 12.4 Å². The zero-order valence-electron chi connectivity index (χ0n) is 18.4. The van der Waals surface area contributed by atoms with E-state index in [9.17, 15) is 9.59 Å². The number of nitrogens with one attached hydrogen (secondary N) is 1. The van der Waals surface area contributed by atoms with Crippen molar-refractivity contribution in [3.8, 4) is 0 Å². The number of hydrogen-bond acceptors (Lipinski definition) is 4. The van der Waals surface area contributed by atoms with Gasteiger partial charge in [-0.1, -0.05) is 31.4 Å². The Balaban J connectivity index is 2.17. The van der Waals surface area contributed by atoms with Gasteiger partial charge in [-0.25, -0.2) is 9.59 Å². The van der Waals surface area contributed by atoms with Crippen LogP contribution < -0.4 is 5.32 Å². The van der Waals surface area contributed by atoms with Gasteiger partial charge in [0.25, 0.3) is 0 Å². The van der Waals surface area contributed by atoms with Crippen molar-refractivity contribution in [2.45, 2.75) is 70.9 Å². The van der Waals surface area contributed by atoms with E-state index in [4.69, 9.17) is 9.47 Å². The SMILES string of the molecule is C=CCn1c(NC(=O)OC(C)(C)C)c(C2CCCCC2)c2ccc(C(=O)OC)cc21. The third kappa shape index (κ3) is 4.69. The quantitative estimate of drug-likeness (QED) is 0.482. The number of anilines is 1. The smallest absolute Gasteiger partial charge is 0.413 e. The van der Waals surface area contributed by atoms with E-state index in [-0.39, 0.29) is 5.97 Å². The number of carbonyl (C=O) groups is 2. The highest BCUT2D eigenvalue weighted by molar-refractivity contribution is 6.00. The van der Waals surface area contributed by atoms with Crippen LogP contribution in [-0.2, 0) is 16.0 Å². The molecule has 0 radical (unpaired) electrons. The fourth-order valence-electron chi connectivity index (χ4n) is 4.28. The van der Waals surface area contributed by atoms with E-state index in [0.29, 0.717) is 18.0 Å². The number of rotatable bonds is 5. The Morgan fingerprint density at radius 2 is 1.93 bits per heavy atom. The number of ether oxygens (including phenoxy) is 2. The first-order chi connectivity index (χ1) is 14.2. The summed E-state index contributed by atoms with van der Waals surface area (Å²) in [6.45, 7) is 9.91. The number of benzene rings is 1. The topological polar surface area (TPSA) is 69.6 Å². The van der Waals surface area contributed by atoms with E-state index in [1.54, 1.807) is 12.1 Å². The molecular formula is C24H32N2O4. The molecule has 1 N–H and O–H groups in total. The first-order valence-corrected chi connectivity index (χ1v) is 10.6. The van der Waals surface area contributed by atoms with Gasteiger partial charge >= 0.3 is 12.1 Å². The minimum Gasteiger partial charge on any atom is -0.465 e. The van der Waals surface area contributed by atoms with Gasteiger partial charge in [-0.3, -0.25) is 5.32 Å². The number of fused-ring (bicyclic) bond motifs is 1. The van der Waals surface area contributed by atoms with Crippen LogP contribution in [0.25, 0.3) is 10.9 Å². The molecule has 1 aromatic carbocycles. The first-order valence-electron chi connectivity index (χ1n) is 10.6. The lowest BCUT2D eigenvalue weighted by Gasteiger charge is -2.24. The summed E-state index contributed by atoms with van der Waals surface area (Å²) >= 11 is 0. The van der Waals surface area contributed by atoms with Gasteiger partial charge in [-0.2, -0.15) is 0 Å². The molecule has 0 aliphatic heterocycles. The second-order valence-electron chi connectivity index (χ2n) is 8.85. The molecule has 162 valence electrons. The van der Waals surface area contributed by atoms with Gasteiger partial charge in [-0.15, -0.1) is 6.58 Å². The third-order valence-corrected chi connectivity index (χ3v) is 5.47. The number of allylic oxidation sites excluding steroid dienone is 1. The van der Waals surface area contributed by atoms with E-state index in [2.05, 4.69) is 11.9 Å². The van der Waals surface area contributed by atoms with Crippen molar-refractivity contribution in [1.82, 2.24) is 4.57 Å². The molecule has 6 nitrogen and oxygen atoms in total. The van der Waals surface area contributed by atoms with Crippen LogP contribution in [-0.4, -0.2) is 29.3 Å². The molecule has 1 saturated carbocycles. The molecule has 3 rings (SSSR count). The Bertz CT molecular complexity index is 946. The van der Waals surface area contributed by atoms with Crippen molar-refractivity contribution in [3.63, 3.8) is 0 Å². The molecule has 0 spiro atoms. The van der Waals surface area contributed by atoms with Gasteiger partial charge in [0.1, 0.15) is 11.4 Å². The van der Waals surface area contributed by atoms with Crippen LogP contribution in [0.4, 0.5) is 10.6 Å². The Morgan fingerprint density at radius 1 is 1.23 bits per heavy atom. The van der Waals surface area contributed by atoms with Crippen molar-refractivity contribution in [2.24, 2.45) is 0 Å². The molecule has 1 aliphatic carbocycles. The van der Waals surface area contributed by atoms with Crippen LogP contribution in [0.2, 0.25) is 0 Å². The molecule has 1 amide bonds. The molecule has 1 aromatic heterocycles. The first kappa shape index (κ1) is 21.9. The van der Waals surface area contributed by atoms with Crippen LogP contribution in [0.15, 0.2) is 30.9 Å². The Labute approximate surface area is 178 Å². The van der Waals surface area contributed by atoms with Crippen molar-refractivity contribution in [1.29, 1.82) is 0 Å². The predicted octanol–water partition coefficient (Wildman–Crippen LogP) is 6.01. The van der Waals surface area contributed by atoms with Crippen molar-refractivity contribution < 1.29 is 19.1 Å². The largest absolute Gasteiger partial charge is 0.465 e. The molecule has 0 atom stereocenters. The molecule has 1 heterocycles. The highest BCUT2D eigenvalue weighted by Crippen LogP contribution is 2.43. The predicted molar refractivity (Wildman–Crippen MR) is 119 cm³/mol. The zero-order chi connectivity index (χ0) is 21.9. The molecule has 30 heavy (non-hydrogen) atoms. The Morgan fingerprint density at radius 3 is 2.53 bits per heavy atom. The number of methoxy groups -OCH3 is 1. The molecule has 6 heteroatoms. The third-order valence-electron chi connectivity index (χ3n) is 5.47. The van der Waals surface area contributed by atoms with Crippen LogP contribution in [0.1, 0.15) is 74.7 Å². The van der Waals surface area contributed by atoms with Gasteiger partial charge in [0.2, 0.25) is 0 Å². The fourth-order valence-corrected chi connectivity index (χ4v) is 4.28. The molecule has 1 aliphatic rings. The summed E-state index contributed by atoms with van der Waals surface area (Å²) in [7, 11) is 1.37. The molecular weight excluding hydrogens is 380 g/mol. The van der Waals surface area contributed by atoms with Gasteiger partial charge < -0.3 is 14.0 Å². The average Bonchev–Trinajstić information content (AvgIpc) is 2.99. The maximum absolute atomic E-state index is 12.7. The average molecular weight is 413 g/mol. The number of nitrogens with zero attached hydrogens (tertiary/aromatic N) is 1. The summed E-state index contributed by atoms with van der Waals surface area (Å²) in [6.07, 6.45) is 7.04.